The molecule has 6 nitrogen and oxygen atoms in total. The van der Waals surface area contributed by atoms with Crippen LogP contribution in [0.15, 0.2) is 54.6 Å². The van der Waals surface area contributed by atoms with Crippen LogP contribution < -0.4 is 21.1 Å². The lowest BCUT2D eigenvalue weighted by molar-refractivity contribution is -0.115. The fourth-order valence-electron chi connectivity index (χ4n) is 2.13. The number of para-hydroxylation sites is 1. The van der Waals surface area contributed by atoms with Crippen molar-refractivity contribution >= 4 is 40.9 Å². The van der Waals surface area contributed by atoms with Crippen LogP contribution in [-0.2, 0) is 4.79 Å². The van der Waals surface area contributed by atoms with Crippen molar-refractivity contribution in [1.82, 2.24) is 5.32 Å². The number of hydrogen-bond acceptors (Lipinski definition) is 4. The van der Waals surface area contributed by atoms with E-state index in [1.807, 2.05) is 31.2 Å². The normalized spacial score (nSPS) is 10.3. The summed E-state index contributed by atoms with van der Waals surface area (Å²) in [4.78, 5) is 23.3. The highest BCUT2D eigenvalue weighted by atomic mass is 32.1. The predicted octanol–water partition coefficient (Wildman–Crippen LogP) is 2.71. The topological polar surface area (TPSA) is 93.4 Å². The fraction of sp³-hybridized carbons (Fsp3) is 0.105. The number of hydrogen-bond donors (Lipinski definition) is 3. The Morgan fingerprint density at radius 2 is 1.85 bits per heavy atom. The molecule has 0 aliphatic rings. The van der Waals surface area contributed by atoms with Gasteiger partial charge in [-0.25, -0.2) is 0 Å². The van der Waals surface area contributed by atoms with Crippen LogP contribution in [-0.4, -0.2) is 23.5 Å². The molecule has 0 aromatic heterocycles. The van der Waals surface area contributed by atoms with Gasteiger partial charge in [0, 0.05) is 6.08 Å². The molecule has 0 atom stereocenters. The molecule has 0 radical (unpaired) electrons. The van der Waals surface area contributed by atoms with Gasteiger partial charge in [-0.05, 0) is 55.0 Å². The number of ether oxygens (including phenoxy) is 1. The first-order chi connectivity index (χ1) is 12.5. The van der Waals surface area contributed by atoms with Crippen LogP contribution in [0.1, 0.15) is 22.8 Å². The lowest BCUT2D eigenvalue weighted by atomic mass is 10.1. The maximum atomic E-state index is 12.0. The maximum absolute atomic E-state index is 12.0. The third-order valence-electron chi connectivity index (χ3n) is 3.30. The van der Waals surface area contributed by atoms with Crippen LogP contribution in [0.2, 0.25) is 0 Å². The molecule has 0 spiro atoms. The summed E-state index contributed by atoms with van der Waals surface area (Å²) in [5, 5.41) is 5.37. The van der Waals surface area contributed by atoms with E-state index in [2.05, 4.69) is 10.6 Å². The van der Waals surface area contributed by atoms with Gasteiger partial charge >= 0.3 is 0 Å². The second-order valence-electron chi connectivity index (χ2n) is 5.19. The number of primary amides is 1. The zero-order chi connectivity index (χ0) is 18.9. The van der Waals surface area contributed by atoms with Gasteiger partial charge in [0.1, 0.15) is 5.75 Å². The molecule has 2 rings (SSSR count). The van der Waals surface area contributed by atoms with E-state index in [9.17, 15) is 9.59 Å². The monoisotopic (exact) mass is 369 g/mol. The zero-order valence-electron chi connectivity index (χ0n) is 14.2. The van der Waals surface area contributed by atoms with E-state index in [1.165, 1.54) is 6.08 Å². The molecule has 0 unspecified atom stereocenters. The molecule has 2 aromatic rings. The molecule has 0 saturated carbocycles. The van der Waals surface area contributed by atoms with Gasteiger partial charge in [-0.3, -0.25) is 14.9 Å². The van der Waals surface area contributed by atoms with Crippen molar-refractivity contribution in [3.05, 3.63) is 65.7 Å². The van der Waals surface area contributed by atoms with Crippen LogP contribution in [0.25, 0.3) is 6.08 Å². The largest absolute Gasteiger partial charge is 0.494 e. The number of nitrogens with one attached hydrogen (secondary N) is 2. The summed E-state index contributed by atoms with van der Waals surface area (Å²) >= 11 is 5.09. The standard InChI is InChI=1S/C19H19N3O3S/c1-2-25-14-10-7-13(8-11-14)9-12-17(23)22-19(26)21-16-6-4-3-5-15(16)18(20)24/h3-12H,2H2,1H3,(H2,20,24)(H2,21,22,23,26)/b12-9+. The van der Waals surface area contributed by atoms with Gasteiger partial charge in [-0.15, -0.1) is 0 Å². The van der Waals surface area contributed by atoms with E-state index < -0.39 is 11.8 Å². The Kier molecular flexibility index (Phi) is 6.87. The van der Waals surface area contributed by atoms with Crippen LogP contribution in [0.3, 0.4) is 0 Å². The molecule has 2 aromatic carbocycles. The molecule has 0 aliphatic heterocycles. The van der Waals surface area contributed by atoms with Crippen LogP contribution in [0.4, 0.5) is 5.69 Å². The molecule has 0 aliphatic carbocycles. The Morgan fingerprint density at radius 3 is 2.50 bits per heavy atom. The first kappa shape index (κ1) is 19.1. The first-order valence-electron chi connectivity index (χ1n) is 7.91. The summed E-state index contributed by atoms with van der Waals surface area (Å²) in [5.74, 6) is -0.210. The van der Waals surface area contributed by atoms with Crippen molar-refractivity contribution in [1.29, 1.82) is 0 Å². The third-order valence-corrected chi connectivity index (χ3v) is 3.50. The Bertz CT molecular complexity index is 832. The molecule has 26 heavy (non-hydrogen) atoms. The Labute approximate surface area is 157 Å². The van der Waals surface area contributed by atoms with Crippen molar-refractivity contribution in [2.24, 2.45) is 5.73 Å². The quantitative estimate of drug-likeness (QED) is 0.538. The summed E-state index contributed by atoms with van der Waals surface area (Å²) in [7, 11) is 0. The minimum atomic E-state index is -0.586. The smallest absolute Gasteiger partial charge is 0.250 e. The number of nitrogens with two attached hydrogens (primary N) is 1. The molecule has 134 valence electrons. The maximum Gasteiger partial charge on any atom is 0.250 e. The number of benzene rings is 2. The second-order valence-corrected chi connectivity index (χ2v) is 5.60. The molecule has 0 fully saturated rings. The molecule has 2 amide bonds. The minimum absolute atomic E-state index is 0.0695. The van der Waals surface area contributed by atoms with Crippen molar-refractivity contribution in [3.63, 3.8) is 0 Å². The zero-order valence-corrected chi connectivity index (χ0v) is 15.0. The van der Waals surface area contributed by atoms with E-state index in [-0.39, 0.29) is 10.7 Å². The Balaban J connectivity index is 1.93. The average molecular weight is 369 g/mol. The average Bonchev–Trinajstić information content (AvgIpc) is 2.61. The molecular formula is C19H19N3O3S. The summed E-state index contributed by atoms with van der Waals surface area (Å²) in [6.07, 6.45) is 3.02. The molecular weight excluding hydrogens is 350 g/mol. The predicted molar refractivity (Wildman–Crippen MR) is 106 cm³/mol. The summed E-state index contributed by atoms with van der Waals surface area (Å²) in [5.41, 5.74) is 6.87. The third kappa shape index (κ3) is 5.71. The van der Waals surface area contributed by atoms with Gasteiger partial charge in [0.05, 0.1) is 17.9 Å². The molecule has 4 N–H and O–H groups in total. The lowest BCUT2D eigenvalue weighted by Gasteiger charge is -2.10. The van der Waals surface area contributed by atoms with Crippen molar-refractivity contribution < 1.29 is 14.3 Å². The highest BCUT2D eigenvalue weighted by Gasteiger charge is 2.09. The number of amides is 2. The van der Waals surface area contributed by atoms with Gasteiger partial charge in [0.15, 0.2) is 5.11 Å². The highest BCUT2D eigenvalue weighted by Crippen LogP contribution is 2.14. The second kappa shape index (κ2) is 9.33. The summed E-state index contributed by atoms with van der Waals surface area (Å²) in [6, 6.07) is 14.0. The van der Waals surface area contributed by atoms with E-state index in [4.69, 9.17) is 22.7 Å². The molecule has 0 heterocycles. The van der Waals surface area contributed by atoms with Gasteiger partial charge < -0.3 is 15.8 Å². The number of anilines is 1. The first-order valence-corrected chi connectivity index (χ1v) is 8.32. The van der Waals surface area contributed by atoms with Crippen molar-refractivity contribution in [3.8, 4) is 5.75 Å². The highest BCUT2D eigenvalue weighted by molar-refractivity contribution is 7.80. The molecule has 7 heteroatoms. The number of carbonyl (C=O) groups is 2. The summed E-state index contributed by atoms with van der Waals surface area (Å²) in [6.45, 7) is 2.51. The van der Waals surface area contributed by atoms with Gasteiger partial charge in [0.25, 0.3) is 5.91 Å². The van der Waals surface area contributed by atoms with Crippen molar-refractivity contribution in [2.75, 3.05) is 11.9 Å². The molecule has 0 saturated heterocycles. The van der Waals surface area contributed by atoms with E-state index in [0.29, 0.717) is 12.3 Å². The van der Waals surface area contributed by atoms with Gasteiger partial charge in [0.2, 0.25) is 5.91 Å². The van der Waals surface area contributed by atoms with Crippen LogP contribution >= 0.6 is 12.2 Å². The van der Waals surface area contributed by atoms with E-state index >= 15 is 0 Å². The van der Waals surface area contributed by atoms with Crippen molar-refractivity contribution in [2.45, 2.75) is 6.92 Å². The fourth-order valence-corrected chi connectivity index (χ4v) is 2.34. The summed E-state index contributed by atoms with van der Waals surface area (Å²) < 4.78 is 5.36. The SMILES string of the molecule is CCOc1ccc(/C=C/C(=O)NC(=S)Nc2ccccc2C(N)=O)cc1. The number of thiocarbonyl (C=S) groups is 1. The molecule has 0 bridgehead atoms. The number of carbonyl (C=O) groups excluding carboxylic acids is 2. The van der Waals surface area contributed by atoms with E-state index in [1.54, 1.807) is 30.3 Å². The lowest BCUT2D eigenvalue weighted by Crippen LogP contribution is -2.33. The minimum Gasteiger partial charge on any atom is -0.494 e. The van der Waals surface area contributed by atoms with E-state index in [0.717, 1.165) is 11.3 Å². The number of rotatable bonds is 6. The van der Waals surface area contributed by atoms with Gasteiger partial charge in [-0.2, -0.15) is 0 Å². The Morgan fingerprint density at radius 1 is 1.15 bits per heavy atom. The Hall–Kier alpha value is -3.19. The van der Waals surface area contributed by atoms with Gasteiger partial charge in [-0.1, -0.05) is 24.3 Å². The van der Waals surface area contributed by atoms with Crippen LogP contribution in [0.5, 0.6) is 5.75 Å². The van der Waals surface area contributed by atoms with Crippen LogP contribution in [0, 0.1) is 0 Å².